The standard InChI is InChI=1S/C22H25NO6S/c1-3-16(29-18(24)12-11-14-8-7-13-28-14)20(25)23-21-19(22(26)27-4-2)15-9-5-6-10-17(15)30-21/h7-8,11-13,16H,3-6,9-10H2,1-2H3,(H,23,25). The van der Waals surface area contributed by atoms with Crippen LogP contribution in [0.3, 0.4) is 0 Å². The molecular formula is C22H25NO6S. The fourth-order valence-electron chi connectivity index (χ4n) is 3.30. The first-order valence-corrected chi connectivity index (χ1v) is 10.9. The second-order valence-corrected chi connectivity index (χ2v) is 7.91. The molecule has 2 heterocycles. The van der Waals surface area contributed by atoms with E-state index in [1.807, 2.05) is 0 Å². The van der Waals surface area contributed by atoms with E-state index in [-0.39, 0.29) is 6.61 Å². The average molecular weight is 432 g/mol. The van der Waals surface area contributed by atoms with Gasteiger partial charge in [0.05, 0.1) is 18.4 Å². The molecule has 1 unspecified atom stereocenters. The van der Waals surface area contributed by atoms with Crippen LogP contribution in [0.4, 0.5) is 5.00 Å². The van der Waals surface area contributed by atoms with Crippen LogP contribution in [0.1, 0.15) is 59.7 Å². The van der Waals surface area contributed by atoms with E-state index >= 15 is 0 Å². The van der Waals surface area contributed by atoms with Gasteiger partial charge < -0.3 is 19.2 Å². The van der Waals surface area contributed by atoms with Gasteiger partial charge in [-0.25, -0.2) is 9.59 Å². The second-order valence-electron chi connectivity index (χ2n) is 6.81. The number of anilines is 1. The Morgan fingerprint density at radius 2 is 2.07 bits per heavy atom. The number of esters is 2. The summed E-state index contributed by atoms with van der Waals surface area (Å²) in [6, 6.07) is 3.40. The van der Waals surface area contributed by atoms with Gasteiger partial charge in [0, 0.05) is 11.0 Å². The van der Waals surface area contributed by atoms with Crippen LogP contribution in [0.5, 0.6) is 0 Å². The summed E-state index contributed by atoms with van der Waals surface area (Å²) in [5.74, 6) is -1.04. The van der Waals surface area contributed by atoms with Gasteiger partial charge in [-0.2, -0.15) is 0 Å². The van der Waals surface area contributed by atoms with Crippen LogP contribution in [-0.2, 0) is 31.9 Å². The quantitative estimate of drug-likeness (QED) is 0.493. The molecule has 30 heavy (non-hydrogen) atoms. The number of carbonyl (C=O) groups excluding carboxylic acids is 3. The molecule has 7 nitrogen and oxygen atoms in total. The van der Waals surface area contributed by atoms with E-state index < -0.39 is 23.9 Å². The summed E-state index contributed by atoms with van der Waals surface area (Å²) < 4.78 is 15.6. The molecule has 8 heteroatoms. The number of fused-ring (bicyclic) bond motifs is 1. The number of ether oxygens (including phenoxy) is 2. The van der Waals surface area contributed by atoms with Crippen LogP contribution in [-0.4, -0.2) is 30.6 Å². The Morgan fingerprint density at radius 3 is 2.77 bits per heavy atom. The molecule has 160 valence electrons. The van der Waals surface area contributed by atoms with E-state index in [1.54, 1.807) is 26.0 Å². The summed E-state index contributed by atoms with van der Waals surface area (Å²) in [7, 11) is 0. The van der Waals surface area contributed by atoms with Gasteiger partial charge in [0.25, 0.3) is 5.91 Å². The van der Waals surface area contributed by atoms with Crippen molar-refractivity contribution in [2.75, 3.05) is 11.9 Å². The summed E-state index contributed by atoms with van der Waals surface area (Å²) >= 11 is 1.40. The van der Waals surface area contributed by atoms with Gasteiger partial charge in [-0.15, -0.1) is 11.3 Å². The molecule has 0 saturated carbocycles. The maximum atomic E-state index is 12.8. The molecule has 1 N–H and O–H groups in total. The summed E-state index contributed by atoms with van der Waals surface area (Å²) in [4.78, 5) is 38.5. The van der Waals surface area contributed by atoms with Crippen molar-refractivity contribution in [1.29, 1.82) is 0 Å². The Bertz CT molecular complexity index is 928. The van der Waals surface area contributed by atoms with E-state index in [0.29, 0.717) is 22.7 Å². The lowest BCUT2D eigenvalue weighted by atomic mass is 9.95. The van der Waals surface area contributed by atoms with Crippen LogP contribution in [0.25, 0.3) is 6.08 Å². The van der Waals surface area contributed by atoms with Crippen LogP contribution < -0.4 is 5.32 Å². The van der Waals surface area contributed by atoms with E-state index in [1.165, 1.54) is 29.8 Å². The molecule has 0 aromatic carbocycles. The van der Waals surface area contributed by atoms with Crippen molar-refractivity contribution < 1.29 is 28.3 Å². The Kier molecular flexibility index (Phi) is 7.46. The number of amides is 1. The molecule has 2 aromatic rings. The fraction of sp³-hybridized carbons (Fsp3) is 0.409. The molecule has 1 aliphatic carbocycles. The minimum absolute atomic E-state index is 0.258. The number of hydrogen-bond donors (Lipinski definition) is 1. The highest BCUT2D eigenvalue weighted by molar-refractivity contribution is 7.17. The minimum atomic E-state index is -0.979. The first-order valence-electron chi connectivity index (χ1n) is 10.1. The van der Waals surface area contributed by atoms with Crippen molar-refractivity contribution in [3.05, 3.63) is 46.2 Å². The number of furan rings is 1. The first kappa shape index (κ1) is 21.8. The van der Waals surface area contributed by atoms with Crippen molar-refractivity contribution in [3.8, 4) is 0 Å². The summed E-state index contributed by atoms with van der Waals surface area (Å²) in [6.45, 7) is 3.76. The lowest BCUT2D eigenvalue weighted by Crippen LogP contribution is -2.31. The van der Waals surface area contributed by atoms with Gasteiger partial charge in [0.2, 0.25) is 0 Å². The van der Waals surface area contributed by atoms with E-state index in [4.69, 9.17) is 13.9 Å². The third-order valence-electron chi connectivity index (χ3n) is 4.74. The molecule has 0 radical (unpaired) electrons. The molecule has 0 fully saturated rings. The highest BCUT2D eigenvalue weighted by Crippen LogP contribution is 2.38. The monoisotopic (exact) mass is 431 g/mol. The second kappa shape index (κ2) is 10.2. The fourth-order valence-corrected chi connectivity index (χ4v) is 4.58. The summed E-state index contributed by atoms with van der Waals surface area (Å²) in [5.41, 5.74) is 1.40. The van der Waals surface area contributed by atoms with Gasteiger partial charge in [-0.3, -0.25) is 4.79 Å². The van der Waals surface area contributed by atoms with Gasteiger partial charge in [0.15, 0.2) is 6.10 Å². The third kappa shape index (κ3) is 5.18. The molecule has 0 saturated heterocycles. The summed E-state index contributed by atoms with van der Waals surface area (Å²) in [5, 5.41) is 3.26. The van der Waals surface area contributed by atoms with Crippen molar-refractivity contribution in [3.63, 3.8) is 0 Å². The maximum Gasteiger partial charge on any atom is 0.341 e. The molecule has 0 aliphatic heterocycles. The van der Waals surface area contributed by atoms with Crippen molar-refractivity contribution >= 4 is 40.3 Å². The predicted molar refractivity (Wildman–Crippen MR) is 113 cm³/mol. The van der Waals surface area contributed by atoms with E-state index in [2.05, 4.69) is 5.32 Å². The molecule has 3 rings (SSSR count). The van der Waals surface area contributed by atoms with Gasteiger partial charge in [0.1, 0.15) is 10.8 Å². The SMILES string of the molecule is CCOC(=O)c1c(NC(=O)C(CC)OC(=O)C=Cc2ccco2)sc2c1CCCC2. The molecular weight excluding hydrogens is 406 g/mol. The zero-order valence-electron chi connectivity index (χ0n) is 17.1. The van der Waals surface area contributed by atoms with Crippen LogP contribution in [0, 0.1) is 0 Å². The third-order valence-corrected chi connectivity index (χ3v) is 5.94. The van der Waals surface area contributed by atoms with Crippen molar-refractivity contribution in [2.24, 2.45) is 0 Å². The summed E-state index contributed by atoms with van der Waals surface area (Å²) in [6.07, 6.45) is 7.23. The van der Waals surface area contributed by atoms with Gasteiger partial charge >= 0.3 is 11.9 Å². The molecule has 1 amide bonds. The molecule has 1 atom stereocenters. The Balaban J connectivity index is 1.72. The molecule has 0 bridgehead atoms. The number of hydrogen-bond acceptors (Lipinski definition) is 7. The first-order chi connectivity index (χ1) is 14.5. The van der Waals surface area contributed by atoms with E-state index in [0.717, 1.165) is 36.1 Å². The van der Waals surface area contributed by atoms with Crippen LogP contribution >= 0.6 is 11.3 Å². The predicted octanol–water partition coefficient (Wildman–Crippen LogP) is 4.37. The van der Waals surface area contributed by atoms with E-state index in [9.17, 15) is 14.4 Å². The smallest absolute Gasteiger partial charge is 0.341 e. The van der Waals surface area contributed by atoms with Crippen molar-refractivity contribution in [1.82, 2.24) is 0 Å². The molecule has 1 aliphatic rings. The van der Waals surface area contributed by atoms with Crippen molar-refractivity contribution in [2.45, 2.75) is 52.1 Å². The topological polar surface area (TPSA) is 94.8 Å². The number of nitrogens with one attached hydrogen (secondary N) is 1. The largest absolute Gasteiger partial charge is 0.465 e. The Morgan fingerprint density at radius 1 is 1.27 bits per heavy atom. The highest BCUT2D eigenvalue weighted by Gasteiger charge is 2.29. The normalized spacial score (nSPS) is 14.2. The number of thiophene rings is 1. The molecule has 0 spiro atoms. The maximum absolute atomic E-state index is 12.8. The Hall–Kier alpha value is -2.87. The van der Waals surface area contributed by atoms with Gasteiger partial charge in [-0.05, 0) is 62.8 Å². The van der Waals surface area contributed by atoms with Crippen LogP contribution in [0.2, 0.25) is 0 Å². The Labute approximate surface area is 179 Å². The molecule has 2 aromatic heterocycles. The minimum Gasteiger partial charge on any atom is -0.465 e. The van der Waals surface area contributed by atoms with Gasteiger partial charge in [-0.1, -0.05) is 6.92 Å². The average Bonchev–Trinajstić information content (AvgIpc) is 3.37. The highest BCUT2D eigenvalue weighted by atomic mass is 32.1. The number of aryl methyl sites for hydroxylation is 1. The zero-order chi connectivity index (χ0) is 21.5. The lowest BCUT2D eigenvalue weighted by molar-refractivity contribution is -0.149. The lowest BCUT2D eigenvalue weighted by Gasteiger charge is -2.15. The number of carbonyl (C=O) groups is 3. The number of rotatable bonds is 8. The zero-order valence-corrected chi connectivity index (χ0v) is 17.9. The van der Waals surface area contributed by atoms with Crippen LogP contribution in [0.15, 0.2) is 28.9 Å².